The number of nitrogens with one attached hydrogen (secondary N) is 1. The van der Waals surface area contributed by atoms with Gasteiger partial charge in [-0.2, -0.15) is 0 Å². The Balaban J connectivity index is 1.57. The summed E-state index contributed by atoms with van der Waals surface area (Å²) < 4.78 is 0. The first-order valence-electron chi connectivity index (χ1n) is 7.40. The van der Waals surface area contributed by atoms with Gasteiger partial charge in [-0.05, 0) is 24.1 Å². The molecule has 1 fully saturated rings. The zero-order chi connectivity index (χ0) is 15.4. The largest absolute Gasteiger partial charge is 0.390 e. The van der Waals surface area contributed by atoms with Gasteiger partial charge in [0.25, 0.3) is 0 Å². The van der Waals surface area contributed by atoms with Crippen LogP contribution in [-0.2, 0) is 6.54 Å². The van der Waals surface area contributed by atoms with Gasteiger partial charge in [0.05, 0.1) is 12.1 Å². The zero-order valence-electron chi connectivity index (χ0n) is 12.2. The molecule has 2 aromatic rings. The summed E-state index contributed by atoms with van der Waals surface area (Å²) in [6.07, 6.45) is 3.76. The monoisotopic (exact) mass is 318 g/mol. The Bertz CT molecular complexity index is 610. The summed E-state index contributed by atoms with van der Waals surface area (Å²) in [5.74, 6) is 0.561. The molecule has 2 heterocycles. The van der Waals surface area contributed by atoms with E-state index in [9.17, 15) is 5.11 Å². The highest BCUT2D eigenvalue weighted by molar-refractivity contribution is 6.31. The number of anilines is 1. The number of benzene rings is 1. The molecule has 0 amide bonds. The molecule has 0 unspecified atom stereocenters. The van der Waals surface area contributed by atoms with Gasteiger partial charge in [-0.15, -0.1) is 0 Å². The summed E-state index contributed by atoms with van der Waals surface area (Å²) in [5.41, 5.74) is 1.09. The first kappa shape index (κ1) is 15.2. The van der Waals surface area contributed by atoms with E-state index in [1.54, 1.807) is 18.5 Å². The number of likely N-dealkylation sites (tertiary alicyclic amines) is 1. The second-order valence-corrected chi connectivity index (χ2v) is 5.91. The lowest BCUT2D eigenvalue weighted by atomic mass is 10.0. The van der Waals surface area contributed by atoms with Crippen LogP contribution in [0.1, 0.15) is 12.0 Å². The molecule has 1 aromatic heterocycles. The van der Waals surface area contributed by atoms with Gasteiger partial charge in [-0.25, -0.2) is 9.97 Å². The van der Waals surface area contributed by atoms with Gasteiger partial charge in [0.1, 0.15) is 0 Å². The van der Waals surface area contributed by atoms with Crippen LogP contribution in [0.2, 0.25) is 5.02 Å². The van der Waals surface area contributed by atoms with Crippen molar-refractivity contribution in [1.82, 2.24) is 14.9 Å². The van der Waals surface area contributed by atoms with Crippen LogP contribution in [0.3, 0.4) is 0 Å². The molecule has 2 atom stereocenters. The SMILES string of the molecule is O[C@@H]1CN(Cc2ccccc2Cl)CC[C@H]1Nc1ncccn1. The first-order valence-corrected chi connectivity index (χ1v) is 7.77. The van der Waals surface area contributed by atoms with E-state index in [-0.39, 0.29) is 6.04 Å². The lowest BCUT2D eigenvalue weighted by Crippen LogP contribution is -2.49. The van der Waals surface area contributed by atoms with Crippen molar-refractivity contribution in [2.24, 2.45) is 0 Å². The first-order chi connectivity index (χ1) is 10.7. The molecular formula is C16H19ClN4O. The lowest BCUT2D eigenvalue weighted by Gasteiger charge is -2.36. The predicted molar refractivity (Wildman–Crippen MR) is 86.8 cm³/mol. The van der Waals surface area contributed by atoms with E-state index in [1.165, 1.54) is 0 Å². The fraction of sp³-hybridized carbons (Fsp3) is 0.375. The average Bonchev–Trinajstić information content (AvgIpc) is 2.53. The highest BCUT2D eigenvalue weighted by atomic mass is 35.5. The van der Waals surface area contributed by atoms with Crippen LogP contribution in [-0.4, -0.2) is 45.2 Å². The summed E-state index contributed by atoms with van der Waals surface area (Å²) in [6.45, 7) is 2.26. The maximum absolute atomic E-state index is 10.4. The number of nitrogens with zero attached hydrogens (tertiary/aromatic N) is 3. The third kappa shape index (κ3) is 3.74. The van der Waals surface area contributed by atoms with E-state index in [4.69, 9.17) is 11.6 Å². The topological polar surface area (TPSA) is 61.3 Å². The van der Waals surface area contributed by atoms with Gasteiger partial charge in [-0.1, -0.05) is 29.8 Å². The predicted octanol–water partition coefficient (Wildman–Crippen LogP) is 2.18. The average molecular weight is 319 g/mol. The molecule has 1 saturated heterocycles. The number of aliphatic hydroxyl groups excluding tert-OH is 1. The van der Waals surface area contributed by atoms with Crippen LogP contribution in [0, 0.1) is 0 Å². The molecule has 1 aliphatic rings. The molecule has 5 nitrogen and oxygen atoms in total. The van der Waals surface area contributed by atoms with E-state index in [1.807, 2.05) is 24.3 Å². The molecule has 22 heavy (non-hydrogen) atoms. The van der Waals surface area contributed by atoms with Crippen molar-refractivity contribution in [1.29, 1.82) is 0 Å². The number of aliphatic hydroxyl groups is 1. The van der Waals surface area contributed by atoms with Crippen LogP contribution in [0.4, 0.5) is 5.95 Å². The Morgan fingerprint density at radius 2 is 2.00 bits per heavy atom. The van der Waals surface area contributed by atoms with E-state index >= 15 is 0 Å². The molecule has 2 N–H and O–H groups in total. The molecule has 6 heteroatoms. The summed E-state index contributed by atoms with van der Waals surface area (Å²) in [4.78, 5) is 10.5. The maximum Gasteiger partial charge on any atom is 0.222 e. The summed E-state index contributed by atoms with van der Waals surface area (Å²) in [5, 5.41) is 14.3. The van der Waals surface area contributed by atoms with Crippen molar-refractivity contribution < 1.29 is 5.11 Å². The quantitative estimate of drug-likeness (QED) is 0.905. The Labute approximate surface area is 135 Å². The number of rotatable bonds is 4. The van der Waals surface area contributed by atoms with Gasteiger partial charge in [-0.3, -0.25) is 4.90 Å². The Kier molecular flexibility index (Phi) is 4.87. The van der Waals surface area contributed by atoms with Gasteiger partial charge < -0.3 is 10.4 Å². The third-order valence-electron chi connectivity index (χ3n) is 3.90. The van der Waals surface area contributed by atoms with Crippen molar-refractivity contribution in [3.8, 4) is 0 Å². The molecule has 1 aliphatic heterocycles. The smallest absolute Gasteiger partial charge is 0.222 e. The van der Waals surface area contributed by atoms with Crippen molar-refractivity contribution in [3.05, 3.63) is 53.3 Å². The van der Waals surface area contributed by atoms with Crippen molar-refractivity contribution >= 4 is 17.5 Å². The number of aromatic nitrogens is 2. The van der Waals surface area contributed by atoms with Crippen molar-refractivity contribution in [2.45, 2.75) is 25.1 Å². The second kappa shape index (κ2) is 7.05. The summed E-state index contributed by atoms with van der Waals surface area (Å²) in [7, 11) is 0. The summed E-state index contributed by atoms with van der Waals surface area (Å²) in [6, 6.07) is 9.58. The Hall–Kier alpha value is -1.69. The second-order valence-electron chi connectivity index (χ2n) is 5.51. The molecule has 116 valence electrons. The number of hydrogen-bond acceptors (Lipinski definition) is 5. The van der Waals surface area contributed by atoms with Crippen LogP contribution >= 0.6 is 11.6 Å². The van der Waals surface area contributed by atoms with Gasteiger partial charge in [0.15, 0.2) is 0 Å². The Morgan fingerprint density at radius 1 is 1.23 bits per heavy atom. The number of β-amino-alcohol motifs (C(OH)–C–C–N with tert-alkyl or cyclic N) is 1. The van der Waals surface area contributed by atoms with Gasteiger partial charge >= 0.3 is 0 Å². The van der Waals surface area contributed by atoms with Crippen LogP contribution < -0.4 is 5.32 Å². The van der Waals surface area contributed by atoms with Crippen molar-refractivity contribution in [2.75, 3.05) is 18.4 Å². The third-order valence-corrected chi connectivity index (χ3v) is 4.27. The standard InChI is InChI=1S/C16H19ClN4O/c17-13-5-2-1-4-12(13)10-21-9-6-14(15(22)11-21)20-16-18-7-3-8-19-16/h1-5,7-8,14-15,22H,6,9-11H2,(H,18,19,20)/t14-,15-/m1/s1. The zero-order valence-corrected chi connectivity index (χ0v) is 12.9. The van der Waals surface area contributed by atoms with E-state index < -0.39 is 6.10 Å². The molecule has 0 aliphatic carbocycles. The fourth-order valence-electron chi connectivity index (χ4n) is 2.72. The molecule has 1 aromatic carbocycles. The molecule has 3 rings (SSSR count). The fourth-order valence-corrected chi connectivity index (χ4v) is 2.91. The maximum atomic E-state index is 10.4. The minimum atomic E-state index is -0.458. The van der Waals surface area contributed by atoms with Gasteiger partial charge in [0.2, 0.25) is 5.95 Å². The van der Waals surface area contributed by atoms with Gasteiger partial charge in [0, 0.05) is 37.1 Å². The van der Waals surface area contributed by atoms with Crippen LogP contribution in [0.15, 0.2) is 42.7 Å². The molecular weight excluding hydrogens is 300 g/mol. The molecule has 0 bridgehead atoms. The number of piperidine rings is 1. The minimum Gasteiger partial charge on any atom is -0.390 e. The van der Waals surface area contributed by atoms with E-state index in [0.717, 1.165) is 30.1 Å². The highest BCUT2D eigenvalue weighted by Gasteiger charge is 2.28. The van der Waals surface area contributed by atoms with Crippen LogP contribution in [0.25, 0.3) is 0 Å². The number of halogens is 1. The summed E-state index contributed by atoms with van der Waals surface area (Å²) >= 11 is 6.20. The van der Waals surface area contributed by atoms with E-state index in [2.05, 4.69) is 20.2 Å². The van der Waals surface area contributed by atoms with Crippen molar-refractivity contribution in [3.63, 3.8) is 0 Å². The number of hydrogen-bond donors (Lipinski definition) is 2. The lowest BCUT2D eigenvalue weighted by molar-refractivity contribution is 0.0559. The Morgan fingerprint density at radius 3 is 2.73 bits per heavy atom. The molecule has 0 radical (unpaired) electrons. The normalized spacial score (nSPS) is 22.5. The van der Waals surface area contributed by atoms with Crippen LogP contribution in [0.5, 0.6) is 0 Å². The van der Waals surface area contributed by atoms with E-state index in [0.29, 0.717) is 12.5 Å². The highest BCUT2D eigenvalue weighted by Crippen LogP contribution is 2.21. The molecule has 0 saturated carbocycles. The minimum absolute atomic E-state index is 0.0232. The molecule has 0 spiro atoms.